The molecule has 0 heterocycles. The van der Waals surface area contributed by atoms with E-state index in [1.807, 2.05) is 6.08 Å². The summed E-state index contributed by atoms with van der Waals surface area (Å²) in [6.07, 6.45) is 74.0. The van der Waals surface area contributed by atoms with Gasteiger partial charge in [0.1, 0.15) is 0 Å². The first-order valence-corrected chi connectivity index (χ1v) is 32.5. The maximum atomic E-state index is 12.5. The summed E-state index contributed by atoms with van der Waals surface area (Å²) in [6, 6.07) is -0.640. The lowest BCUT2D eigenvalue weighted by Gasteiger charge is -2.20. The molecule has 422 valence electrons. The molecule has 0 bridgehead atoms. The molecule has 0 spiro atoms. The molecule has 0 aliphatic heterocycles. The Morgan fingerprint density at radius 1 is 0.380 bits per heavy atom. The Kier molecular flexibility index (Phi) is 59.9. The summed E-state index contributed by atoms with van der Waals surface area (Å²) in [7, 11) is 0. The van der Waals surface area contributed by atoms with E-state index in [0.29, 0.717) is 19.4 Å². The first-order chi connectivity index (χ1) is 35.0. The van der Waals surface area contributed by atoms with Crippen molar-refractivity contribution >= 4 is 11.9 Å². The number of unbranched alkanes of at least 4 members (excludes halogenated alkanes) is 50. The number of hydrogen-bond acceptors (Lipinski definition) is 5. The first kappa shape index (κ1) is 69.6. The minimum absolute atomic E-state index is 0.00504. The van der Waals surface area contributed by atoms with Crippen molar-refractivity contribution in [3.8, 4) is 0 Å². The van der Waals surface area contributed by atoms with Gasteiger partial charge in [0, 0.05) is 12.8 Å². The van der Waals surface area contributed by atoms with Crippen LogP contribution in [0.5, 0.6) is 0 Å². The Bertz CT molecular complexity index is 1060. The van der Waals surface area contributed by atoms with E-state index in [1.165, 1.54) is 283 Å². The van der Waals surface area contributed by atoms with Gasteiger partial charge >= 0.3 is 5.97 Å². The van der Waals surface area contributed by atoms with Crippen LogP contribution in [0, 0.1) is 0 Å². The highest BCUT2D eigenvalue weighted by Gasteiger charge is 2.18. The van der Waals surface area contributed by atoms with Crippen LogP contribution in [-0.4, -0.2) is 47.4 Å². The zero-order chi connectivity index (χ0) is 51.4. The molecule has 0 fully saturated rings. The summed E-state index contributed by atoms with van der Waals surface area (Å²) in [5.41, 5.74) is 0. The van der Waals surface area contributed by atoms with Crippen molar-refractivity contribution in [2.24, 2.45) is 0 Å². The number of allylic oxidation sites excluding steroid dienone is 1. The van der Waals surface area contributed by atoms with Gasteiger partial charge in [-0.2, -0.15) is 0 Å². The molecule has 0 saturated heterocycles. The fourth-order valence-corrected chi connectivity index (χ4v) is 10.3. The highest BCUT2D eigenvalue weighted by molar-refractivity contribution is 5.76. The largest absolute Gasteiger partial charge is 0.466 e. The van der Waals surface area contributed by atoms with Crippen LogP contribution in [-0.2, 0) is 14.3 Å². The Labute approximate surface area is 444 Å². The van der Waals surface area contributed by atoms with Crippen LogP contribution in [0.15, 0.2) is 12.2 Å². The van der Waals surface area contributed by atoms with Gasteiger partial charge in [0.2, 0.25) is 5.91 Å². The van der Waals surface area contributed by atoms with Crippen molar-refractivity contribution in [3.05, 3.63) is 12.2 Å². The molecule has 1 amide bonds. The Morgan fingerprint density at radius 2 is 0.648 bits per heavy atom. The number of aliphatic hydroxyl groups is 2. The van der Waals surface area contributed by atoms with Crippen molar-refractivity contribution in [1.82, 2.24) is 5.32 Å². The molecule has 6 nitrogen and oxygen atoms in total. The lowest BCUT2D eigenvalue weighted by Crippen LogP contribution is -2.45. The highest BCUT2D eigenvalue weighted by atomic mass is 16.5. The van der Waals surface area contributed by atoms with Crippen LogP contribution < -0.4 is 5.32 Å². The van der Waals surface area contributed by atoms with E-state index in [1.54, 1.807) is 6.08 Å². The smallest absolute Gasteiger partial charge is 0.305 e. The van der Waals surface area contributed by atoms with E-state index in [4.69, 9.17) is 4.74 Å². The van der Waals surface area contributed by atoms with Crippen LogP contribution in [0.1, 0.15) is 367 Å². The molecule has 6 heteroatoms. The van der Waals surface area contributed by atoms with Gasteiger partial charge < -0.3 is 20.3 Å². The molecule has 0 aromatic carbocycles. The number of carbonyl (C=O) groups is 2. The molecule has 0 aromatic heterocycles. The maximum absolute atomic E-state index is 12.5. The number of hydrogen-bond donors (Lipinski definition) is 3. The molecular formula is C65H127NO5. The average Bonchev–Trinajstić information content (AvgIpc) is 3.37. The number of aliphatic hydroxyl groups excluding tert-OH is 2. The zero-order valence-corrected chi connectivity index (χ0v) is 48.2. The van der Waals surface area contributed by atoms with E-state index in [-0.39, 0.29) is 18.5 Å². The number of nitrogens with one attached hydrogen (secondary N) is 1. The summed E-state index contributed by atoms with van der Waals surface area (Å²) in [5.74, 6) is -0.0836. The Morgan fingerprint density at radius 3 is 0.958 bits per heavy atom. The molecule has 0 aromatic rings. The third kappa shape index (κ3) is 57.7. The third-order valence-corrected chi connectivity index (χ3v) is 15.3. The first-order valence-electron chi connectivity index (χ1n) is 32.5. The molecule has 2 unspecified atom stereocenters. The lowest BCUT2D eigenvalue weighted by atomic mass is 10.0. The van der Waals surface area contributed by atoms with E-state index < -0.39 is 12.1 Å². The van der Waals surface area contributed by atoms with Gasteiger partial charge in [-0.05, 0) is 32.1 Å². The van der Waals surface area contributed by atoms with E-state index >= 15 is 0 Å². The standard InChI is InChI=1S/C65H127NO5/c1-3-5-7-9-11-13-15-17-19-21-23-24-25-26-27-28-29-31-33-37-41-45-49-53-57-63(68)62(61-67)66-64(69)58-54-50-46-42-38-35-36-40-44-48-52-56-60-71-65(70)59-55-51-47-43-39-34-32-30-22-20-18-16-14-12-10-8-6-4-2/h53,57,62-63,67-68H,3-52,54-56,58-61H2,1-2H3,(H,66,69)/b57-53+. The van der Waals surface area contributed by atoms with E-state index in [0.717, 1.165) is 57.8 Å². The van der Waals surface area contributed by atoms with Crippen molar-refractivity contribution < 1.29 is 24.5 Å². The summed E-state index contributed by atoms with van der Waals surface area (Å²) in [5, 5.41) is 23.2. The number of amides is 1. The summed E-state index contributed by atoms with van der Waals surface area (Å²) in [4.78, 5) is 24.6. The topological polar surface area (TPSA) is 95.9 Å². The molecule has 0 aliphatic carbocycles. The highest BCUT2D eigenvalue weighted by Crippen LogP contribution is 2.18. The van der Waals surface area contributed by atoms with Gasteiger partial charge in [-0.3, -0.25) is 9.59 Å². The second kappa shape index (κ2) is 61.1. The second-order valence-electron chi connectivity index (χ2n) is 22.5. The summed E-state index contributed by atoms with van der Waals surface area (Å²) < 4.78 is 5.49. The molecule has 71 heavy (non-hydrogen) atoms. The van der Waals surface area contributed by atoms with Crippen LogP contribution >= 0.6 is 0 Å². The number of esters is 1. The SMILES string of the molecule is CCCCCCCCCCCCCCCCCCCCCCCC/C=C/C(O)C(CO)NC(=O)CCCCCCCCCCCCCCOC(=O)CCCCCCCCCCCCCCCCCCCC. The van der Waals surface area contributed by atoms with Crippen molar-refractivity contribution in [3.63, 3.8) is 0 Å². The number of ether oxygens (including phenoxy) is 1. The van der Waals surface area contributed by atoms with Gasteiger partial charge in [0.05, 0.1) is 25.4 Å². The van der Waals surface area contributed by atoms with Crippen LogP contribution in [0.25, 0.3) is 0 Å². The molecule has 0 radical (unpaired) electrons. The van der Waals surface area contributed by atoms with Gasteiger partial charge in [-0.15, -0.1) is 0 Å². The Balaban J connectivity index is 3.45. The average molecular weight is 1000 g/mol. The van der Waals surface area contributed by atoms with Crippen LogP contribution in [0.2, 0.25) is 0 Å². The minimum atomic E-state index is -0.855. The Hall–Kier alpha value is -1.40. The second-order valence-corrected chi connectivity index (χ2v) is 22.5. The van der Waals surface area contributed by atoms with Gasteiger partial charge in [0.15, 0.2) is 0 Å². The number of carbonyl (C=O) groups excluding carboxylic acids is 2. The normalized spacial score (nSPS) is 12.6. The van der Waals surface area contributed by atoms with Gasteiger partial charge in [-0.1, -0.05) is 334 Å². The fourth-order valence-electron chi connectivity index (χ4n) is 10.3. The predicted octanol–water partition coefficient (Wildman–Crippen LogP) is 20.4. The third-order valence-electron chi connectivity index (χ3n) is 15.3. The van der Waals surface area contributed by atoms with E-state index in [2.05, 4.69) is 19.2 Å². The summed E-state index contributed by atoms with van der Waals surface area (Å²) >= 11 is 0. The molecule has 0 saturated carbocycles. The van der Waals surface area contributed by atoms with Crippen molar-refractivity contribution in [2.45, 2.75) is 379 Å². The lowest BCUT2D eigenvalue weighted by molar-refractivity contribution is -0.143. The fraction of sp³-hybridized carbons (Fsp3) is 0.938. The molecule has 2 atom stereocenters. The zero-order valence-electron chi connectivity index (χ0n) is 48.2. The van der Waals surface area contributed by atoms with Gasteiger partial charge in [0.25, 0.3) is 0 Å². The predicted molar refractivity (Wildman–Crippen MR) is 310 cm³/mol. The molecular weight excluding hydrogens is 875 g/mol. The molecule has 0 aliphatic rings. The quantitative estimate of drug-likeness (QED) is 0.0320. The van der Waals surface area contributed by atoms with Crippen LogP contribution in [0.3, 0.4) is 0 Å². The summed E-state index contributed by atoms with van der Waals surface area (Å²) in [6.45, 7) is 4.91. The minimum Gasteiger partial charge on any atom is -0.466 e. The molecule has 0 rings (SSSR count). The van der Waals surface area contributed by atoms with Gasteiger partial charge in [-0.25, -0.2) is 0 Å². The van der Waals surface area contributed by atoms with Crippen LogP contribution in [0.4, 0.5) is 0 Å². The monoisotopic (exact) mass is 1000 g/mol. The van der Waals surface area contributed by atoms with Crippen molar-refractivity contribution in [1.29, 1.82) is 0 Å². The number of rotatable bonds is 61. The van der Waals surface area contributed by atoms with E-state index in [9.17, 15) is 19.8 Å². The maximum Gasteiger partial charge on any atom is 0.305 e. The molecule has 3 N–H and O–H groups in total. The van der Waals surface area contributed by atoms with Crippen molar-refractivity contribution in [2.75, 3.05) is 13.2 Å².